The number of nitrogens with zero attached hydrogens (tertiary/aromatic N) is 5. The Morgan fingerprint density at radius 2 is 0.778 bits per heavy atom. The number of hydrogen-bond acceptors (Lipinski definition) is 3. The molecular formula is C49H31N5. The zero-order chi connectivity index (χ0) is 35.6. The Morgan fingerprint density at radius 1 is 0.296 bits per heavy atom. The SMILES string of the molecule is c1ccc(-c2nc(-c3ccccc3)nc(-c3cccc4c(-n5c6ccccc6c6cc7c8ccccc8n(-c8ccccc8)c7cc65)cccc34)n2)cc1. The van der Waals surface area contributed by atoms with Crippen molar-refractivity contribution in [1.29, 1.82) is 0 Å². The molecule has 8 aromatic carbocycles. The molecule has 0 aliphatic heterocycles. The summed E-state index contributed by atoms with van der Waals surface area (Å²) in [5.41, 5.74) is 9.77. The van der Waals surface area contributed by atoms with E-state index in [1.54, 1.807) is 0 Å². The fourth-order valence-corrected chi connectivity index (χ4v) is 8.16. The highest BCUT2D eigenvalue weighted by molar-refractivity contribution is 6.19. The van der Waals surface area contributed by atoms with Crippen LogP contribution in [0.2, 0.25) is 0 Å². The Morgan fingerprint density at radius 3 is 1.43 bits per heavy atom. The molecule has 0 N–H and O–H groups in total. The fraction of sp³-hybridized carbons (Fsp3) is 0. The van der Waals surface area contributed by atoms with E-state index >= 15 is 0 Å². The van der Waals surface area contributed by atoms with E-state index in [4.69, 9.17) is 15.0 Å². The van der Waals surface area contributed by atoms with E-state index in [2.05, 4.69) is 137 Å². The Labute approximate surface area is 311 Å². The van der Waals surface area contributed by atoms with Crippen LogP contribution < -0.4 is 0 Å². The van der Waals surface area contributed by atoms with E-state index in [0.717, 1.165) is 49.9 Å². The van der Waals surface area contributed by atoms with Crippen LogP contribution in [0.1, 0.15) is 0 Å². The van der Waals surface area contributed by atoms with Crippen LogP contribution in [-0.2, 0) is 0 Å². The quantitative estimate of drug-likeness (QED) is 0.181. The van der Waals surface area contributed by atoms with Crippen LogP contribution in [-0.4, -0.2) is 24.1 Å². The summed E-state index contributed by atoms with van der Waals surface area (Å²) in [5.74, 6) is 1.93. The van der Waals surface area contributed by atoms with Crippen molar-refractivity contribution in [2.75, 3.05) is 0 Å². The summed E-state index contributed by atoms with van der Waals surface area (Å²) in [6, 6.07) is 66.2. The summed E-state index contributed by atoms with van der Waals surface area (Å²) < 4.78 is 4.82. The van der Waals surface area contributed by atoms with Crippen molar-refractivity contribution >= 4 is 54.4 Å². The monoisotopic (exact) mass is 689 g/mol. The first-order chi connectivity index (χ1) is 26.8. The maximum Gasteiger partial charge on any atom is 0.164 e. The second kappa shape index (κ2) is 12.1. The van der Waals surface area contributed by atoms with Crippen LogP contribution in [0.25, 0.3) is 99.9 Å². The third-order valence-electron chi connectivity index (χ3n) is 10.6. The molecule has 0 saturated carbocycles. The van der Waals surface area contributed by atoms with Gasteiger partial charge in [0.25, 0.3) is 0 Å². The van der Waals surface area contributed by atoms with Gasteiger partial charge in [-0.15, -0.1) is 0 Å². The first-order valence-corrected chi connectivity index (χ1v) is 18.2. The van der Waals surface area contributed by atoms with Gasteiger partial charge in [0.05, 0.1) is 27.8 Å². The van der Waals surface area contributed by atoms with Crippen molar-refractivity contribution in [2.45, 2.75) is 0 Å². The van der Waals surface area contributed by atoms with Gasteiger partial charge in [0.2, 0.25) is 0 Å². The lowest BCUT2D eigenvalue weighted by Crippen LogP contribution is -2.01. The Balaban J connectivity index is 1.19. The molecule has 5 nitrogen and oxygen atoms in total. The molecule has 54 heavy (non-hydrogen) atoms. The first-order valence-electron chi connectivity index (χ1n) is 18.2. The van der Waals surface area contributed by atoms with Gasteiger partial charge in [-0.25, -0.2) is 15.0 Å². The molecule has 3 aromatic heterocycles. The van der Waals surface area contributed by atoms with E-state index in [1.165, 1.54) is 32.6 Å². The smallest absolute Gasteiger partial charge is 0.164 e. The molecule has 0 saturated heterocycles. The van der Waals surface area contributed by atoms with Crippen LogP contribution in [0, 0.1) is 0 Å². The van der Waals surface area contributed by atoms with E-state index in [-0.39, 0.29) is 0 Å². The molecule has 3 heterocycles. The lowest BCUT2D eigenvalue weighted by Gasteiger charge is -2.15. The standard InChI is InChI=1S/C49H31N5/c1-4-16-32(17-5-1)47-50-48(33-18-6-2-7-19-33)52-49(51-47)39-26-14-25-36-35(39)24-15-29-44(36)54-43-28-13-11-23-38(43)41-30-40-37-22-10-12-27-42(37)53(45(40)31-46(41)54)34-20-8-3-9-21-34/h1-31H. The minimum atomic E-state index is 0.641. The fourth-order valence-electron chi connectivity index (χ4n) is 8.16. The second-order valence-corrected chi connectivity index (χ2v) is 13.6. The van der Waals surface area contributed by atoms with Gasteiger partial charge in [0, 0.05) is 49.3 Å². The van der Waals surface area contributed by atoms with Crippen LogP contribution >= 0.6 is 0 Å². The molecule has 11 rings (SSSR count). The Hall–Kier alpha value is -7.37. The molecule has 0 unspecified atom stereocenters. The summed E-state index contributed by atoms with van der Waals surface area (Å²) >= 11 is 0. The molecule has 5 heteroatoms. The third kappa shape index (κ3) is 4.69. The normalized spacial score (nSPS) is 11.7. The number of aromatic nitrogens is 5. The predicted molar refractivity (Wildman–Crippen MR) is 222 cm³/mol. The van der Waals surface area contributed by atoms with Gasteiger partial charge in [-0.2, -0.15) is 0 Å². The highest BCUT2D eigenvalue weighted by Gasteiger charge is 2.20. The van der Waals surface area contributed by atoms with Gasteiger partial charge in [-0.05, 0) is 47.9 Å². The van der Waals surface area contributed by atoms with Crippen molar-refractivity contribution < 1.29 is 0 Å². The topological polar surface area (TPSA) is 48.5 Å². The summed E-state index contributed by atoms with van der Waals surface area (Å²) in [4.78, 5) is 15.2. The summed E-state index contributed by atoms with van der Waals surface area (Å²) in [6.45, 7) is 0. The van der Waals surface area contributed by atoms with Gasteiger partial charge in [0.1, 0.15) is 0 Å². The van der Waals surface area contributed by atoms with Crippen molar-refractivity contribution in [1.82, 2.24) is 24.1 Å². The van der Waals surface area contributed by atoms with E-state index in [1.807, 2.05) is 60.7 Å². The molecule has 0 amide bonds. The van der Waals surface area contributed by atoms with Crippen LogP contribution in [0.15, 0.2) is 188 Å². The molecule has 0 atom stereocenters. The Kier molecular flexibility index (Phi) is 6.79. The Bertz CT molecular complexity index is 3140. The first kappa shape index (κ1) is 30.3. The van der Waals surface area contributed by atoms with E-state index < -0.39 is 0 Å². The van der Waals surface area contributed by atoms with Crippen molar-refractivity contribution in [3.05, 3.63) is 188 Å². The van der Waals surface area contributed by atoms with Gasteiger partial charge < -0.3 is 9.13 Å². The van der Waals surface area contributed by atoms with Gasteiger partial charge in [0.15, 0.2) is 17.5 Å². The van der Waals surface area contributed by atoms with Crippen molar-refractivity contribution in [2.24, 2.45) is 0 Å². The summed E-state index contributed by atoms with van der Waals surface area (Å²) in [6.07, 6.45) is 0. The van der Waals surface area contributed by atoms with Gasteiger partial charge >= 0.3 is 0 Å². The van der Waals surface area contributed by atoms with Gasteiger partial charge in [-0.3, -0.25) is 0 Å². The molecule has 0 aliphatic carbocycles. The van der Waals surface area contributed by atoms with Gasteiger partial charge in [-0.1, -0.05) is 146 Å². The third-order valence-corrected chi connectivity index (χ3v) is 10.6. The number of hydrogen-bond donors (Lipinski definition) is 0. The van der Waals surface area contributed by atoms with Crippen molar-refractivity contribution in [3.8, 4) is 45.5 Å². The molecule has 0 aliphatic rings. The molecule has 0 bridgehead atoms. The highest BCUT2D eigenvalue weighted by Crippen LogP contribution is 2.41. The summed E-state index contributed by atoms with van der Waals surface area (Å²) in [7, 11) is 0. The van der Waals surface area contributed by atoms with Crippen LogP contribution in [0.3, 0.4) is 0 Å². The number of rotatable bonds is 5. The van der Waals surface area contributed by atoms with Crippen LogP contribution in [0.4, 0.5) is 0 Å². The molecule has 0 spiro atoms. The predicted octanol–water partition coefficient (Wildman–Crippen LogP) is 12.2. The average molecular weight is 690 g/mol. The molecule has 11 aromatic rings. The maximum absolute atomic E-state index is 5.10. The lowest BCUT2D eigenvalue weighted by molar-refractivity contribution is 1.08. The van der Waals surface area contributed by atoms with E-state index in [0.29, 0.717) is 17.5 Å². The maximum atomic E-state index is 5.10. The molecule has 0 radical (unpaired) electrons. The minimum absolute atomic E-state index is 0.641. The molecular weight excluding hydrogens is 659 g/mol. The minimum Gasteiger partial charge on any atom is -0.309 e. The van der Waals surface area contributed by atoms with Crippen molar-refractivity contribution in [3.63, 3.8) is 0 Å². The molecule has 252 valence electrons. The van der Waals surface area contributed by atoms with Crippen LogP contribution in [0.5, 0.6) is 0 Å². The lowest BCUT2D eigenvalue weighted by atomic mass is 10.0. The highest BCUT2D eigenvalue weighted by atomic mass is 15.0. The largest absolute Gasteiger partial charge is 0.309 e. The molecule has 0 fully saturated rings. The zero-order valence-corrected chi connectivity index (χ0v) is 29.1. The number of para-hydroxylation sites is 3. The zero-order valence-electron chi connectivity index (χ0n) is 29.1. The number of benzene rings is 8. The average Bonchev–Trinajstić information content (AvgIpc) is 3.75. The van der Waals surface area contributed by atoms with E-state index in [9.17, 15) is 0 Å². The second-order valence-electron chi connectivity index (χ2n) is 13.6. The number of fused-ring (bicyclic) bond motifs is 7. The summed E-state index contributed by atoms with van der Waals surface area (Å²) in [5, 5.41) is 7.11.